The Labute approximate surface area is 83.1 Å². The van der Waals surface area contributed by atoms with Crippen LogP contribution in [0.1, 0.15) is 29.4 Å². The fourth-order valence-corrected chi connectivity index (χ4v) is 0.894. The highest BCUT2D eigenvalue weighted by Gasteiger charge is 2.17. The second-order valence-corrected chi connectivity index (χ2v) is 2.56. The van der Waals surface area contributed by atoms with E-state index in [4.69, 9.17) is 0 Å². The molecule has 0 spiro atoms. The normalized spacial score (nSPS) is 10.4. The van der Waals surface area contributed by atoms with E-state index in [-0.39, 0.29) is 6.61 Å². The Balaban J connectivity index is 3.11. The number of aromatic amines is 1. The molecule has 7 heteroatoms. The number of carbonyl (C=O) groups is 1. The summed E-state index contributed by atoms with van der Waals surface area (Å²) in [7, 11) is 0. The van der Waals surface area contributed by atoms with Gasteiger partial charge in [0.15, 0.2) is 0 Å². The highest BCUT2D eigenvalue weighted by molar-refractivity contribution is 5.88. The SMILES string of the molecule is CCOC(=O)c1cc(C(F)F)n[nH]c1=O. The lowest BCUT2D eigenvalue weighted by molar-refractivity contribution is 0.0523. The Bertz CT molecular complexity index is 417. The molecule has 1 aromatic rings. The molecule has 0 aliphatic carbocycles. The number of H-pyrrole nitrogens is 1. The summed E-state index contributed by atoms with van der Waals surface area (Å²) >= 11 is 0. The fourth-order valence-electron chi connectivity index (χ4n) is 0.894. The van der Waals surface area contributed by atoms with Crippen LogP contribution in [0.5, 0.6) is 0 Å². The molecular formula is C8H8F2N2O3. The van der Waals surface area contributed by atoms with Crippen molar-refractivity contribution >= 4 is 5.97 Å². The van der Waals surface area contributed by atoms with Crippen LogP contribution in [0.15, 0.2) is 10.9 Å². The van der Waals surface area contributed by atoms with Crippen molar-refractivity contribution in [3.63, 3.8) is 0 Å². The first kappa shape index (κ1) is 11.3. The predicted octanol–water partition coefficient (Wildman–Crippen LogP) is 0.884. The van der Waals surface area contributed by atoms with Gasteiger partial charge in [0.2, 0.25) is 0 Å². The number of halogens is 2. The van der Waals surface area contributed by atoms with E-state index in [1.54, 1.807) is 12.0 Å². The van der Waals surface area contributed by atoms with Crippen LogP contribution in [0.25, 0.3) is 0 Å². The first-order chi connectivity index (χ1) is 7.06. The summed E-state index contributed by atoms with van der Waals surface area (Å²) < 4.78 is 28.9. The second kappa shape index (κ2) is 4.63. The summed E-state index contributed by atoms with van der Waals surface area (Å²) in [6.07, 6.45) is -2.85. The molecule has 0 aliphatic heterocycles. The fraction of sp³-hybridized carbons (Fsp3) is 0.375. The molecule has 1 heterocycles. The van der Waals surface area contributed by atoms with Crippen molar-refractivity contribution in [1.29, 1.82) is 0 Å². The Morgan fingerprint density at radius 1 is 1.67 bits per heavy atom. The molecule has 0 saturated heterocycles. The standard InChI is InChI=1S/C8H8F2N2O3/c1-2-15-8(14)4-3-5(6(9)10)11-12-7(4)13/h3,6H,2H2,1H3,(H,12,13). The zero-order chi connectivity index (χ0) is 11.4. The third-order valence-corrected chi connectivity index (χ3v) is 1.54. The molecule has 0 amide bonds. The predicted molar refractivity (Wildman–Crippen MR) is 45.8 cm³/mol. The van der Waals surface area contributed by atoms with Crippen LogP contribution in [-0.2, 0) is 4.74 Å². The second-order valence-electron chi connectivity index (χ2n) is 2.56. The van der Waals surface area contributed by atoms with E-state index in [2.05, 4.69) is 9.84 Å². The quantitative estimate of drug-likeness (QED) is 0.764. The first-order valence-electron chi connectivity index (χ1n) is 4.11. The number of rotatable bonds is 3. The number of esters is 1. The molecular weight excluding hydrogens is 210 g/mol. The Hall–Kier alpha value is -1.79. The molecule has 5 nitrogen and oxygen atoms in total. The van der Waals surface area contributed by atoms with E-state index in [1.807, 2.05) is 0 Å². The molecule has 1 N–H and O–H groups in total. The van der Waals surface area contributed by atoms with Crippen LogP contribution in [-0.4, -0.2) is 22.8 Å². The molecule has 0 aromatic carbocycles. The molecule has 0 saturated carbocycles. The monoisotopic (exact) mass is 218 g/mol. The summed E-state index contributed by atoms with van der Waals surface area (Å²) in [5, 5.41) is 4.89. The number of hydrogen-bond acceptors (Lipinski definition) is 4. The highest BCUT2D eigenvalue weighted by Crippen LogP contribution is 2.14. The summed E-state index contributed by atoms with van der Waals surface area (Å²) in [4.78, 5) is 22.2. The highest BCUT2D eigenvalue weighted by atomic mass is 19.3. The smallest absolute Gasteiger partial charge is 0.343 e. The van der Waals surface area contributed by atoms with E-state index < -0.39 is 29.2 Å². The lowest BCUT2D eigenvalue weighted by Gasteiger charge is -2.02. The van der Waals surface area contributed by atoms with Gasteiger partial charge in [-0.3, -0.25) is 4.79 Å². The van der Waals surface area contributed by atoms with Gasteiger partial charge in [-0.2, -0.15) is 5.10 Å². The summed E-state index contributed by atoms with van der Waals surface area (Å²) in [6.45, 7) is 1.60. The van der Waals surface area contributed by atoms with Crippen LogP contribution in [0.2, 0.25) is 0 Å². The molecule has 0 aliphatic rings. The van der Waals surface area contributed by atoms with Gasteiger partial charge in [0.05, 0.1) is 6.61 Å². The molecule has 0 fully saturated rings. The molecule has 1 aromatic heterocycles. The van der Waals surface area contributed by atoms with Crippen LogP contribution in [0.4, 0.5) is 8.78 Å². The molecule has 0 radical (unpaired) electrons. The van der Waals surface area contributed by atoms with E-state index in [9.17, 15) is 18.4 Å². The molecule has 15 heavy (non-hydrogen) atoms. The van der Waals surface area contributed by atoms with E-state index in [0.717, 1.165) is 6.07 Å². The topological polar surface area (TPSA) is 72.0 Å². The minimum Gasteiger partial charge on any atom is -0.462 e. The molecule has 0 unspecified atom stereocenters. The van der Waals surface area contributed by atoms with Crippen molar-refractivity contribution in [3.8, 4) is 0 Å². The first-order valence-corrected chi connectivity index (χ1v) is 4.11. The minimum absolute atomic E-state index is 0.0601. The van der Waals surface area contributed by atoms with Gasteiger partial charge in [-0.25, -0.2) is 18.7 Å². The van der Waals surface area contributed by atoms with Gasteiger partial charge >= 0.3 is 5.97 Å². The summed E-state index contributed by atoms with van der Waals surface area (Å²) in [5.41, 5.74) is -1.99. The Morgan fingerprint density at radius 2 is 2.33 bits per heavy atom. The van der Waals surface area contributed by atoms with E-state index in [0.29, 0.717) is 0 Å². The van der Waals surface area contributed by atoms with Crippen molar-refractivity contribution in [1.82, 2.24) is 10.2 Å². The Kier molecular flexibility index (Phi) is 3.48. The van der Waals surface area contributed by atoms with Gasteiger partial charge in [0.1, 0.15) is 11.3 Å². The van der Waals surface area contributed by atoms with Gasteiger partial charge in [-0.15, -0.1) is 0 Å². The van der Waals surface area contributed by atoms with Gasteiger partial charge in [-0.05, 0) is 13.0 Å². The van der Waals surface area contributed by atoms with Crippen LogP contribution >= 0.6 is 0 Å². The van der Waals surface area contributed by atoms with Gasteiger partial charge < -0.3 is 4.74 Å². The van der Waals surface area contributed by atoms with Gasteiger partial charge in [-0.1, -0.05) is 0 Å². The average molecular weight is 218 g/mol. The number of ether oxygens (including phenoxy) is 1. The van der Waals surface area contributed by atoms with Crippen molar-refractivity contribution in [2.75, 3.05) is 6.61 Å². The van der Waals surface area contributed by atoms with E-state index in [1.165, 1.54) is 0 Å². The number of alkyl halides is 2. The largest absolute Gasteiger partial charge is 0.462 e. The van der Waals surface area contributed by atoms with Crippen LogP contribution in [0.3, 0.4) is 0 Å². The molecule has 0 atom stereocenters. The third-order valence-electron chi connectivity index (χ3n) is 1.54. The number of nitrogens with one attached hydrogen (secondary N) is 1. The maximum atomic E-state index is 12.2. The van der Waals surface area contributed by atoms with E-state index >= 15 is 0 Å². The number of aromatic nitrogens is 2. The molecule has 1 rings (SSSR count). The van der Waals surface area contributed by atoms with Crippen molar-refractivity contribution in [2.45, 2.75) is 13.3 Å². The van der Waals surface area contributed by atoms with Crippen LogP contribution < -0.4 is 5.56 Å². The summed E-state index contributed by atoms with van der Waals surface area (Å²) in [5.74, 6) is -0.942. The Morgan fingerprint density at radius 3 is 2.87 bits per heavy atom. The van der Waals surface area contributed by atoms with Crippen molar-refractivity contribution in [3.05, 3.63) is 27.7 Å². The molecule has 0 bridgehead atoms. The summed E-state index contributed by atoms with van der Waals surface area (Å²) in [6, 6.07) is 0.724. The van der Waals surface area contributed by atoms with Crippen LogP contribution in [0, 0.1) is 0 Å². The zero-order valence-electron chi connectivity index (χ0n) is 7.79. The van der Waals surface area contributed by atoms with Gasteiger partial charge in [0.25, 0.3) is 12.0 Å². The van der Waals surface area contributed by atoms with Crippen molar-refractivity contribution < 1.29 is 18.3 Å². The number of carbonyl (C=O) groups excluding carboxylic acids is 1. The van der Waals surface area contributed by atoms with Gasteiger partial charge in [0, 0.05) is 0 Å². The maximum absolute atomic E-state index is 12.2. The average Bonchev–Trinajstić information content (AvgIpc) is 2.18. The minimum atomic E-state index is -2.85. The lowest BCUT2D eigenvalue weighted by Crippen LogP contribution is -2.21. The van der Waals surface area contributed by atoms with Crippen molar-refractivity contribution in [2.24, 2.45) is 0 Å². The zero-order valence-corrected chi connectivity index (χ0v) is 7.79. The number of hydrogen-bond donors (Lipinski definition) is 1. The number of nitrogens with zero attached hydrogens (tertiary/aromatic N) is 1. The molecule has 82 valence electrons. The maximum Gasteiger partial charge on any atom is 0.343 e. The lowest BCUT2D eigenvalue weighted by atomic mass is 10.2. The third kappa shape index (κ3) is 2.58.